The molecule has 1 aromatic carbocycles. The zero-order valence-electron chi connectivity index (χ0n) is 13.3. The van der Waals surface area contributed by atoms with Crippen LogP contribution in [0.5, 0.6) is 5.75 Å². The smallest absolute Gasteiger partial charge is 0.162 e. The van der Waals surface area contributed by atoms with E-state index in [4.69, 9.17) is 9.72 Å². The predicted octanol–water partition coefficient (Wildman–Crippen LogP) is 3.61. The van der Waals surface area contributed by atoms with E-state index in [0.29, 0.717) is 0 Å². The van der Waals surface area contributed by atoms with E-state index in [9.17, 15) is 0 Å². The van der Waals surface area contributed by atoms with Crippen molar-refractivity contribution in [2.24, 2.45) is 7.05 Å². The number of nitrogens with zero attached hydrogens (tertiary/aromatic N) is 3. The molecular weight excluding hydrogens is 302 g/mol. The molecule has 0 radical (unpaired) electrons. The van der Waals surface area contributed by atoms with E-state index in [2.05, 4.69) is 21.1 Å². The van der Waals surface area contributed by atoms with Crippen molar-refractivity contribution in [2.45, 2.75) is 0 Å². The van der Waals surface area contributed by atoms with Crippen molar-refractivity contribution < 1.29 is 4.74 Å². The summed E-state index contributed by atoms with van der Waals surface area (Å²) < 4.78 is 7.34. The lowest BCUT2D eigenvalue weighted by Gasteiger charge is -2.00. The number of rotatable bonds is 2. The highest BCUT2D eigenvalue weighted by molar-refractivity contribution is 6.06. The molecule has 118 valence electrons. The topological polar surface area (TPSA) is 71.5 Å². The molecule has 0 amide bonds. The van der Waals surface area contributed by atoms with Gasteiger partial charge in [-0.05, 0) is 24.3 Å². The van der Waals surface area contributed by atoms with Gasteiger partial charge in [-0.2, -0.15) is 0 Å². The summed E-state index contributed by atoms with van der Waals surface area (Å²) in [5.74, 6) is 0.831. The maximum absolute atomic E-state index is 5.35. The van der Waals surface area contributed by atoms with Gasteiger partial charge in [0.05, 0.1) is 18.3 Å². The molecule has 24 heavy (non-hydrogen) atoms. The predicted molar refractivity (Wildman–Crippen MR) is 94.2 cm³/mol. The zero-order valence-corrected chi connectivity index (χ0v) is 13.3. The van der Waals surface area contributed by atoms with Crippen molar-refractivity contribution in [1.82, 2.24) is 24.7 Å². The Morgan fingerprint density at radius 3 is 2.92 bits per heavy atom. The number of fused-ring (bicyclic) bond motifs is 4. The fourth-order valence-corrected chi connectivity index (χ4v) is 3.32. The van der Waals surface area contributed by atoms with Gasteiger partial charge in [0.1, 0.15) is 5.75 Å². The van der Waals surface area contributed by atoms with E-state index in [0.717, 1.165) is 49.8 Å². The van der Waals surface area contributed by atoms with E-state index in [-0.39, 0.29) is 0 Å². The first-order valence-corrected chi connectivity index (χ1v) is 7.69. The van der Waals surface area contributed by atoms with Crippen LogP contribution in [0.15, 0.2) is 42.9 Å². The minimum atomic E-state index is 0.755. The van der Waals surface area contributed by atoms with Gasteiger partial charge in [-0.15, -0.1) is 0 Å². The molecule has 5 rings (SSSR count). The number of aryl methyl sites for hydroxylation is 1. The number of hydrogen-bond donors (Lipinski definition) is 2. The maximum Gasteiger partial charge on any atom is 0.162 e. The van der Waals surface area contributed by atoms with E-state index in [1.807, 2.05) is 48.5 Å². The average molecular weight is 317 g/mol. The standard InChI is InChI=1S/C18H15N5O/c1-23-17-10(8-21-23)7-20-18-13(17)6-16(22-18)14-9-19-15-4-3-11(24-2)5-12(14)15/h3-9,19,21H,1-2H3. The number of ether oxygens (including phenoxy) is 1. The fourth-order valence-electron chi connectivity index (χ4n) is 3.32. The molecule has 0 aliphatic heterocycles. The Hall–Kier alpha value is -3.28. The van der Waals surface area contributed by atoms with Crippen LogP contribution in [0.1, 0.15) is 0 Å². The van der Waals surface area contributed by atoms with Gasteiger partial charge in [-0.3, -0.25) is 4.68 Å². The maximum atomic E-state index is 5.35. The normalized spacial score (nSPS) is 11.8. The molecular formula is C18H15N5O. The zero-order chi connectivity index (χ0) is 16.3. The van der Waals surface area contributed by atoms with Crippen molar-refractivity contribution in [3.63, 3.8) is 0 Å². The van der Waals surface area contributed by atoms with Crippen molar-refractivity contribution in [1.29, 1.82) is 0 Å². The lowest BCUT2D eigenvalue weighted by Crippen LogP contribution is -1.89. The minimum absolute atomic E-state index is 0.755. The monoisotopic (exact) mass is 317 g/mol. The Kier molecular flexibility index (Phi) is 2.53. The van der Waals surface area contributed by atoms with Crippen LogP contribution in [0.2, 0.25) is 0 Å². The molecule has 6 heteroatoms. The summed E-state index contributed by atoms with van der Waals surface area (Å²) in [5, 5.41) is 6.39. The molecule has 0 aliphatic carbocycles. The molecule has 0 bridgehead atoms. The Bertz CT molecular complexity index is 1210. The molecule has 0 atom stereocenters. The molecule has 2 N–H and O–H groups in total. The average Bonchev–Trinajstić information content (AvgIpc) is 3.29. The van der Waals surface area contributed by atoms with E-state index in [1.165, 1.54) is 0 Å². The number of benzene rings is 1. The van der Waals surface area contributed by atoms with Crippen LogP contribution in [0.3, 0.4) is 0 Å². The van der Waals surface area contributed by atoms with Gasteiger partial charge in [-0.25, -0.2) is 9.97 Å². The van der Waals surface area contributed by atoms with Crippen LogP contribution in [-0.2, 0) is 7.05 Å². The molecule has 0 aliphatic rings. The summed E-state index contributed by atoms with van der Waals surface area (Å²) >= 11 is 0. The van der Waals surface area contributed by atoms with Crippen molar-refractivity contribution in [3.8, 4) is 17.0 Å². The van der Waals surface area contributed by atoms with Gasteiger partial charge in [0.25, 0.3) is 0 Å². The van der Waals surface area contributed by atoms with Gasteiger partial charge in [0.2, 0.25) is 0 Å². The molecule has 5 aromatic rings. The van der Waals surface area contributed by atoms with Gasteiger partial charge in [-0.1, -0.05) is 0 Å². The molecule has 4 heterocycles. The third-order valence-corrected chi connectivity index (χ3v) is 4.52. The summed E-state index contributed by atoms with van der Waals surface area (Å²) in [7, 11) is 3.67. The number of aromatic nitrogens is 5. The van der Waals surface area contributed by atoms with E-state index < -0.39 is 0 Å². The second kappa shape index (κ2) is 4.61. The van der Waals surface area contributed by atoms with Crippen molar-refractivity contribution in [2.75, 3.05) is 7.11 Å². The highest BCUT2D eigenvalue weighted by atomic mass is 16.5. The van der Waals surface area contributed by atoms with Crippen LogP contribution < -0.4 is 4.74 Å². The molecule has 0 saturated carbocycles. The highest BCUT2D eigenvalue weighted by Crippen LogP contribution is 2.33. The number of nitrogens with one attached hydrogen (secondary N) is 2. The summed E-state index contributed by atoms with van der Waals surface area (Å²) in [6.45, 7) is 0. The summed E-state index contributed by atoms with van der Waals surface area (Å²) in [6, 6.07) is 8.09. The van der Waals surface area contributed by atoms with Crippen LogP contribution >= 0.6 is 0 Å². The van der Waals surface area contributed by atoms with Crippen LogP contribution in [-0.4, -0.2) is 31.8 Å². The molecule has 0 saturated heterocycles. The fraction of sp³-hybridized carbons (Fsp3) is 0.111. The van der Waals surface area contributed by atoms with Gasteiger partial charge < -0.3 is 14.8 Å². The summed E-state index contributed by atoms with van der Waals surface area (Å²) in [4.78, 5) is 12.5. The highest BCUT2D eigenvalue weighted by Gasteiger charge is 2.14. The number of hydrogen-bond acceptors (Lipinski definition) is 3. The second-order valence-electron chi connectivity index (χ2n) is 5.89. The lowest BCUT2D eigenvalue weighted by atomic mass is 10.1. The number of H-pyrrole nitrogens is 2. The summed E-state index contributed by atoms with van der Waals surface area (Å²) in [5.41, 5.74) is 4.88. The Morgan fingerprint density at radius 2 is 2.04 bits per heavy atom. The first-order chi connectivity index (χ1) is 11.7. The Morgan fingerprint density at radius 1 is 1.12 bits per heavy atom. The molecule has 4 aromatic heterocycles. The Labute approximate surface area is 137 Å². The second-order valence-corrected chi connectivity index (χ2v) is 5.89. The third-order valence-electron chi connectivity index (χ3n) is 4.52. The van der Waals surface area contributed by atoms with Gasteiger partial charge in [0, 0.05) is 52.9 Å². The van der Waals surface area contributed by atoms with Crippen LogP contribution in [0, 0.1) is 0 Å². The van der Waals surface area contributed by atoms with Crippen molar-refractivity contribution in [3.05, 3.63) is 42.9 Å². The largest absolute Gasteiger partial charge is 0.497 e. The van der Waals surface area contributed by atoms with Crippen molar-refractivity contribution >= 4 is 32.8 Å². The van der Waals surface area contributed by atoms with Gasteiger partial charge in [0.15, 0.2) is 5.65 Å². The quantitative estimate of drug-likeness (QED) is 0.522. The Balaban J connectivity index is 1.80. The molecule has 6 nitrogen and oxygen atoms in total. The summed E-state index contributed by atoms with van der Waals surface area (Å²) in [6.07, 6.45) is 5.79. The number of methoxy groups -OCH3 is 1. The molecule has 0 spiro atoms. The minimum Gasteiger partial charge on any atom is -0.497 e. The molecule has 0 fully saturated rings. The van der Waals surface area contributed by atoms with Crippen LogP contribution in [0.25, 0.3) is 44.1 Å². The van der Waals surface area contributed by atoms with Gasteiger partial charge >= 0.3 is 0 Å². The first-order valence-electron chi connectivity index (χ1n) is 7.69. The van der Waals surface area contributed by atoms with E-state index >= 15 is 0 Å². The number of pyridine rings is 1. The number of aromatic amines is 2. The van der Waals surface area contributed by atoms with Crippen LogP contribution in [0.4, 0.5) is 0 Å². The first kappa shape index (κ1) is 13.2. The third kappa shape index (κ3) is 1.70. The molecule has 0 unspecified atom stereocenters. The lowest BCUT2D eigenvalue weighted by molar-refractivity contribution is 0.415. The SMILES string of the molecule is COc1ccc2[nH]cc(-c3cc4c(ncc5c[nH]n(C)c54)n3)c2c1. The van der Waals surface area contributed by atoms with E-state index in [1.54, 1.807) is 7.11 Å².